The highest BCUT2D eigenvalue weighted by Crippen LogP contribution is 2.30. The third kappa shape index (κ3) is 2.61. The minimum absolute atomic E-state index is 0.280. The summed E-state index contributed by atoms with van der Waals surface area (Å²) in [5.74, 6) is 0.408. The van der Waals surface area contributed by atoms with Crippen molar-refractivity contribution in [3.8, 4) is 0 Å². The van der Waals surface area contributed by atoms with Gasteiger partial charge in [0.25, 0.3) is 0 Å². The summed E-state index contributed by atoms with van der Waals surface area (Å²) in [7, 11) is 1.85. The summed E-state index contributed by atoms with van der Waals surface area (Å²) in [5.41, 5.74) is 9.62. The van der Waals surface area contributed by atoms with Crippen molar-refractivity contribution >= 4 is 28.7 Å². The van der Waals surface area contributed by atoms with E-state index < -0.39 is 0 Å². The topological polar surface area (TPSA) is 42.2 Å². The van der Waals surface area contributed by atoms with Gasteiger partial charge in [0.05, 0.1) is 5.56 Å². The zero-order valence-electron chi connectivity index (χ0n) is 11.8. The maximum Gasteiger partial charge on any atom is 0.143 e. The molecule has 1 aromatic carbocycles. The van der Waals surface area contributed by atoms with Crippen LogP contribution in [0, 0.1) is 5.82 Å². The highest BCUT2D eigenvalue weighted by atomic mass is 32.1. The van der Waals surface area contributed by atoms with Crippen LogP contribution in [0.4, 0.5) is 15.9 Å². The third-order valence-corrected chi connectivity index (χ3v) is 4.03. The van der Waals surface area contributed by atoms with E-state index in [1.165, 1.54) is 17.7 Å². The Hall–Kier alpha value is -2.01. The normalized spacial score (nSPS) is 13.0. The second-order valence-electron chi connectivity index (χ2n) is 5.22. The fourth-order valence-corrected chi connectivity index (χ4v) is 2.86. The van der Waals surface area contributed by atoms with Gasteiger partial charge in [-0.3, -0.25) is 0 Å². The Morgan fingerprint density at radius 2 is 2.14 bits per heavy atom. The number of pyridine rings is 1. The zero-order chi connectivity index (χ0) is 15.0. The SMILES string of the molecule is CN(c1cccc(F)c1)c1nc2c(cc1C(N)=S)CCC2. The number of thiocarbonyl (C=S) groups is 1. The van der Waals surface area contributed by atoms with E-state index >= 15 is 0 Å². The molecule has 0 unspecified atom stereocenters. The first-order valence-corrected chi connectivity index (χ1v) is 7.29. The molecular formula is C16H16FN3S. The average Bonchev–Trinajstić information content (AvgIpc) is 2.92. The summed E-state index contributed by atoms with van der Waals surface area (Å²) in [6, 6.07) is 8.43. The highest BCUT2D eigenvalue weighted by Gasteiger charge is 2.20. The van der Waals surface area contributed by atoms with Crippen molar-refractivity contribution in [1.29, 1.82) is 0 Å². The van der Waals surface area contributed by atoms with E-state index in [9.17, 15) is 4.39 Å². The maximum atomic E-state index is 13.4. The van der Waals surface area contributed by atoms with Crippen LogP contribution in [-0.4, -0.2) is 17.0 Å². The number of fused-ring (bicyclic) bond motifs is 1. The summed E-state index contributed by atoms with van der Waals surface area (Å²) < 4.78 is 13.4. The van der Waals surface area contributed by atoms with Crippen LogP contribution in [0.25, 0.3) is 0 Å². The Morgan fingerprint density at radius 1 is 1.33 bits per heavy atom. The number of aromatic nitrogens is 1. The van der Waals surface area contributed by atoms with Gasteiger partial charge in [0.1, 0.15) is 16.6 Å². The van der Waals surface area contributed by atoms with Gasteiger partial charge in [-0.2, -0.15) is 0 Å². The molecule has 0 saturated carbocycles. The van der Waals surface area contributed by atoms with Crippen LogP contribution in [0.2, 0.25) is 0 Å². The molecule has 3 rings (SSSR count). The van der Waals surface area contributed by atoms with E-state index in [2.05, 4.69) is 0 Å². The van der Waals surface area contributed by atoms with E-state index in [0.717, 1.165) is 36.2 Å². The van der Waals surface area contributed by atoms with E-state index in [4.69, 9.17) is 22.9 Å². The lowest BCUT2D eigenvalue weighted by molar-refractivity contribution is 0.628. The molecule has 1 aliphatic carbocycles. The van der Waals surface area contributed by atoms with Crippen LogP contribution < -0.4 is 10.6 Å². The number of hydrogen-bond donors (Lipinski definition) is 1. The number of anilines is 2. The second kappa shape index (κ2) is 5.41. The van der Waals surface area contributed by atoms with Crippen molar-refractivity contribution < 1.29 is 4.39 Å². The average molecular weight is 301 g/mol. The Bertz CT molecular complexity index is 715. The Morgan fingerprint density at radius 3 is 2.86 bits per heavy atom. The quantitative estimate of drug-likeness (QED) is 0.885. The van der Waals surface area contributed by atoms with Crippen LogP contribution in [0.15, 0.2) is 30.3 Å². The van der Waals surface area contributed by atoms with Crippen molar-refractivity contribution in [3.05, 3.63) is 53.0 Å². The number of nitrogens with two attached hydrogens (primary N) is 1. The first-order chi connectivity index (χ1) is 10.1. The predicted molar refractivity (Wildman–Crippen MR) is 86.6 cm³/mol. The Balaban J connectivity index is 2.10. The number of rotatable bonds is 3. The molecule has 0 aliphatic heterocycles. The minimum atomic E-state index is -0.280. The number of benzene rings is 1. The van der Waals surface area contributed by atoms with Crippen LogP contribution in [0.3, 0.4) is 0 Å². The van der Waals surface area contributed by atoms with Gasteiger partial charge in [-0.05, 0) is 49.1 Å². The standard InChI is InChI=1S/C16H16FN3S/c1-20(12-6-3-5-11(17)9-12)16-13(15(18)21)8-10-4-2-7-14(10)19-16/h3,5-6,8-9H,2,4,7H2,1H3,(H2,18,21). The first kappa shape index (κ1) is 13.9. The predicted octanol–water partition coefficient (Wildman–Crippen LogP) is 3.11. The van der Waals surface area contributed by atoms with Gasteiger partial charge in [-0.15, -0.1) is 0 Å². The molecule has 2 aromatic rings. The molecule has 5 heteroatoms. The van der Waals surface area contributed by atoms with E-state index in [1.807, 2.05) is 24.1 Å². The van der Waals surface area contributed by atoms with Gasteiger partial charge in [0, 0.05) is 18.4 Å². The molecule has 1 aliphatic rings. The third-order valence-electron chi connectivity index (χ3n) is 3.81. The molecule has 1 heterocycles. The molecule has 0 bridgehead atoms. The summed E-state index contributed by atoms with van der Waals surface area (Å²) in [6.07, 6.45) is 3.09. The molecule has 0 spiro atoms. The smallest absolute Gasteiger partial charge is 0.143 e. The van der Waals surface area contributed by atoms with E-state index in [1.54, 1.807) is 6.07 Å². The molecule has 108 valence electrons. The number of aryl methyl sites for hydroxylation is 2. The van der Waals surface area contributed by atoms with Gasteiger partial charge in [0.2, 0.25) is 0 Å². The molecule has 0 saturated heterocycles. The van der Waals surface area contributed by atoms with Crippen molar-refractivity contribution in [3.63, 3.8) is 0 Å². The zero-order valence-corrected chi connectivity index (χ0v) is 12.6. The second-order valence-corrected chi connectivity index (χ2v) is 5.66. The van der Waals surface area contributed by atoms with E-state index in [-0.39, 0.29) is 5.82 Å². The molecule has 2 N–H and O–H groups in total. The van der Waals surface area contributed by atoms with Gasteiger partial charge in [-0.25, -0.2) is 9.37 Å². The molecule has 0 amide bonds. The van der Waals surface area contributed by atoms with Gasteiger partial charge in [-0.1, -0.05) is 18.3 Å². The summed E-state index contributed by atoms with van der Waals surface area (Å²) >= 11 is 5.15. The molecule has 21 heavy (non-hydrogen) atoms. The van der Waals surface area contributed by atoms with E-state index in [0.29, 0.717) is 10.8 Å². The lowest BCUT2D eigenvalue weighted by Gasteiger charge is -2.22. The number of nitrogens with zero attached hydrogens (tertiary/aromatic N) is 2. The summed E-state index contributed by atoms with van der Waals surface area (Å²) in [4.78, 5) is 6.86. The highest BCUT2D eigenvalue weighted by molar-refractivity contribution is 7.80. The fraction of sp³-hybridized carbons (Fsp3) is 0.250. The Labute approximate surface area is 128 Å². The van der Waals surface area contributed by atoms with Crippen molar-refractivity contribution in [2.75, 3.05) is 11.9 Å². The van der Waals surface area contributed by atoms with Crippen molar-refractivity contribution in [2.45, 2.75) is 19.3 Å². The summed E-state index contributed by atoms with van der Waals surface area (Å²) in [5, 5.41) is 0. The minimum Gasteiger partial charge on any atom is -0.389 e. The monoisotopic (exact) mass is 301 g/mol. The van der Waals surface area contributed by atoms with Crippen LogP contribution in [-0.2, 0) is 12.8 Å². The molecule has 1 aromatic heterocycles. The largest absolute Gasteiger partial charge is 0.389 e. The van der Waals surface area contributed by atoms with Crippen molar-refractivity contribution in [2.24, 2.45) is 5.73 Å². The number of hydrogen-bond acceptors (Lipinski definition) is 3. The first-order valence-electron chi connectivity index (χ1n) is 6.88. The molecule has 0 atom stereocenters. The lowest BCUT2D eigenvalue weighted by atomic mass is 10.1. The molecule has 0 fully saturated rings. The van der Waals surface area contributed by atoms with Crippen molar-refractivity contribution in [1.82, 2.24) is 4.98 Å². The molecule has 3 nitrogen and oxygen atoms in total. The van der Waals surface area contributed by atoms with Gasteiger partial charge < -0.3 is 10.6 Å². The maximum absolute atomic E-state index is 13.4. The lowest BCUT2D eigenvalue weighted by Crippen LogP contribution is -2.20. The molecule has 0 radical (unpaired) electrons. The van der Waals surface area contributed by atoms with Crippen LogP contribution in [0.1, 0.15) is 23.2 Å². The fourth-order valence-electron chi connectivity index (χ4n) is 2.71. The Kier molecular flexibility index (Phi) is 3.59. The van der Waals surface area contributed by atoms with Gasteiger partial charge >= 0.3 is 0 Å². The van der Waals surface area contributed by atoms with Crippen LogP contribution >= 0.6 is 12.2 Å². The summed E-state index contributed by atoms with van der Waals surface area (Å²) in [6.45, 7) is 0. The molecular weight excluding hydrogens is 285 g/mol. The van der Waals surface area contributed by atoms with Crippen LogP contribution in [0.5, 0.6) is 0 Å². The van der Waals surface area contributed by atoms with Gasteiger partial charge in [0.15, 0.2) is 0 Å². The number of halogens is 1.